The highest BCUT2D eigenvalue weighted by molar-refractivity contribution is 5.42. The largest absolute Gasteiger partial charge is 0.385 e. The minimum atomic E-state index is 0.652. The topological polar surface area (TPSA) is 55.6 Å². The van der Waals surface area contributed by atoms with E-state index >= 15 is 0 Å². The molecular weight excluding hydrogens is 190 g/mol. The third-order valence-electron chi connectivity index (χ3n) is 1.99. The summed E-state index contributed by atoms with van der Waals surface area (Å²) in [6.07, 6.45) is 5.00. The first-order valence-corrected chi connectivity index (χ1v) is 4.89. The Morgan fingerprint density at radius 1 is 1.47 bits per heavy atom. The molecule has 0 aliphatic rings. The Hall–Kier alpha value is -1.91. The van der Waals surface area contributed by atoms with Crippen molar-refractivity contribution in [2.75, 3.05) is 11.9 Å². The lowest BCUT2D eigenvalue weighted by atomic mass is 10.3. The van der Waals surface area contributed by atoms with Crippen molar-refractivity contribution in [2.45, 2.75) is 13.5 Å². The molecule has 15 heavy (non-hydrogen) atoms. The van der Waals surface area contributed by atoms with Crippen LogP contribution < -0.4 is 5.32 Å². The molecule has 0 unspecified atom stereocenters. The first kappa shape index (κ1) is 9.64. The van der Waals surface area contributed by atoms with Gasteiger partial charge in [0.25, 0.3) is 0 Å². The molecule has 0 bridgehead atoms. The lowest BCUT2D eigenvalue weighted by Gasteiger charge is -2.05. The SMILES string of the molecule is CCNc1ccnc(Cn2cncn2)c1. The maximum atomic E-state index is 4.27. The molecule has 0 saturated carbocycles. The predicted octanol–water partition coefficient (Wildman–Crippen LogP) is 1.15. The van der Waals surface area contributed by atoms with Gasteiger partial charge < -0.3 is 5.32 Å². The molecule has 0 aliphatic heterocycles. The van der Waals surface area contributed by atoms with Gasteiger partial charge in [0.05, 0.1) is 12.2 Å². The minimum Gasteiger partial charge on any atom is -0.385 e. The summed E-state index contributed by atoms with van der Waals surface area (Å²) in [5, 5.41) is 7.27. The zero-order valence-corrected chi connectivity index (χ0v) is 8.59. The van der Waals surface area contributed by atoms with Gasteiger partial charge in [-0.05, 0) is 19.1 Å². The van der Waals surface area contributed by atoms with Crippen LogP contribution in [-0.2, 0) is 6.54 Å². The summed E-state index contributed by atoms with van der Waals surface area (Å²) in [4.78, 5) is 8.15. The molecule has 0 fully saturated rings. The highest BCUT2D eigenvalue weighted by Crippen LogP contribution is 2.08. The van der Waals surface area contributed by atoms with Crippen molar-refractivity contribution < 1.29 is 0 Å². The molecule has 2 rings (SSSR count). The highest BCUT2D eigenvalue weighted by Gasteiger charge is 1.98. The van der Waals surface area contributed by atoms with Gasteiger partial charge >= 0.3 is 0 Å². The first-order chi connectivity index (χ1) is 7.38. The van der Waals surface area contributed by atoms with Crippen molar-refractivity contribution in [3.05, 3.63) is 36.7 Å². The van der Waals surface area contributed by atoms with Gasteiger partial charge in [0.1, 0.15) is 12.7 Å². The number of pyridine rings is 1. The summed E-state index contributed by atoms with van der Waals surface area (Å²) in [6, 6.07) is 3.97. The van der Waals surface area contributed by atoms with Gasteiger partial charge in [-0.15, -0.1) is 0 Å². The van der Waals surface area contributed by atoms with Crippen molar-refractivity contribution in [3.8, 4) is 0 Å². The van der Waals surface area contributed by atoms with Crippen molar-refractivity contribution in [1.29, 1.82) is 0 Å². The molecule has 0 aliphatic carbocycles. The maximum Gasteiger partial charge on any atom is 0.137 e. The van der Waals surface area contributed by atoms with Crippen LogP contribution in [0.1, 0.15) is 12.6 Å². The van der Waals surface area contributed by atoms with E-state index in [1.54, 1.807) is 17.2 Å². The van der Waals surface area contributed by atoms with Crippen LogP contribution >= 0.6 is 0 Å². The van der Waals surface area contributed by atoms with Crippen molar-refractivity contribution in [2.24, 2.45) is 0 Å². The highest BCUT2D eigenvalue weighted by atomic mass is 15.3. The molecule has 2 aromatic rings. The number of aromatic nitrogens is 4. The van der Waals surface area contributed by atoms with Crippen LogP contribution in [-0.4, -0.2) is 26.3 Å². The van der Waals surface area contributed by atoms with E-state index in [0.29, 0.717) is 6.54 Å². The number of rotatable bonds is 4. The monoisotopic (exact) mass is 203 g/mol. The van der Waals surface area contributed by atoms with Gasteiger partial charge in [-0.25, -0.2) is 9.67 Å². The van der Waals surface area contributed by atoms with Crippen LogP contribution in [0.4, 0.5) is 5.69 Å². The molecular formula is C10H13N5. The fraction of sp³-hybridized carbons (Fsp3) is 0.300. The summed E-state index contributed by atoms with van der Waals surface area (Å²) < 4.78 is 1.75. The molecule has 5 heteroatoms. The molecule has 1 N–H and O–H groups in total. The Balaban J connectivity index is 2.11. The maximum absolute atomic E-state index is 4.27. The van der Waals surface area contributed by atoms with Crippen molar-refractivity contribution in [3.63, 3.8) is 0 Å². The first-order valence-electron chi connectivity index (χ1n) is 4.89. The van der Waals surface area contributed by atoms with Gasteiger partial charge in [0.15, 0.2) is 0 Å². The Bertz CT molecular complexity index is 410. The van der Waals surface area contributed by atoms with Crippen LogP contribution in [0.25, 0.3) is 0 Å². The van der Waals surface area contributed by atoms with E-state index < -0.39 is 0 Å². The molecule has 5 nitrogen and oxygen atoms in total. The van der Waals surface area contributed by atoms with E-state index in [9.17, 15) is 0 Å². The molecule has 0 aromatic carbocycles. The van der Waals surface area contributed by atoms with E-state index in [2.05, 4.69) is 27.3 Å². The summed E-state index contributed by atoms with van der Waals surface area (Å²) in [5.74, 6) is 0. The fourth-order valence-corrected chi connectivity index (χ4v) is 1.36. The van der Waals surface area contributed by atoms with Crippen LogP contribution in [0, 0.1) is 0 Å². The Kier molecular flexibility index (Phi) is 2.92. The quantitative estimate of drug-likeness (QED) is 0.810. The summed E-state index contributed by atoms with van der Waals surface area (Å²) in [6.45, 7) is 3.63. The van der Waals surface area contributed by atoms with Gasteiger partial charge in [-0.2, -0.15) is 5.10 Å². The molecule has 0 saturated heterocycles. The van der Waals surface area contributed by atoms with E-state index in [0.717, 1.165) is 17.9 Å². The summed E-state index contributed by atoms with van der Waals surface area (Å²) >= 11 is 0. The van der Waals surface area contributed by atoms with Crippen LogP contribution in [0.3, 0.4) is 0 Å². The molecule has 78 valence electrons. The van der Waals surface area contributed by atoms with Crippen LogP contribution in [0.5, 0.6) is 0 Å². The van der Waals surface area contributed by atoms with E-state index in [-0.39, 0.29) is 0 Å². The predicted molar refractivity (Wildman–Crippen MR) is 57.5 cm³/mol. The van der Waals surface area contributed by atoms with E-state index in [4.69, 9.17) is 0 Å². The third-order valence-corrected chi connectivity index (χ3v) is 1.99. The lowest BCUT2D eigenvalue weighted by Crippen LogP contribution is -2.03. The Labute approximate surface area is 88.2 Å². The molecule has 0 radical (unpaired) electrons. The second-order valence-corrected chi connectivity index (χ2v) is 3.16. The summed E-state index contributed by atoms with van der Waals surface area (Å²) in [5.41, 5.74) is 2.06. The molecule has 2 heterocycles. The van der Waals surface area contributed by atoms with Gasteiger partial charge in [0, 0.05) is 18.4 Å². The second-order valence-electron chi connectivity index (χ2n) is 3.16. The van der Waals surface area contributed by atoms with Crippen molar-refractivity contribution >= 4 is 5.69 Å². The fourth-order valence-electron chi connectivity index (χ4n) is 1.36. The minimum absolute atomic E-state index is 0.652. The average molecular weight is 203 g/mol. The van der Waals surface area contributed by atoms with Gasteiger partial charge in [-0.1, -0.05) is 0 Å². The smallest absolute Gasteiger partial charge is 0.137 e. The van der Waals surface area contributed by atoms with Crippen molar-refractivity contribution in [1.82, 2.24) is 19.7 Å². The number of anilines is 1. The zero-order valence-electron chi connectivity index (χ0n) is 8.59. The molecule has 0 spiro atoms. The normalized spacial score (nSPS) is 10.2. The van der Waals surface area contributed by atoms with Gasteiger partial charge in [-0.3, -0.25) is 4.98 Å². The van der Waals surface area contributed by atoms with Crippen LogP contribution in [0.15, 0.2) is 31.0 Å². The number of nitrogens with zero attached hydrogens (tertiary/aromatic N) is 4. The summed E-state index contributed by atoms with van der Waals surface area (Å²) in [7, 11) is 0. The Morgan fingerprint density at radius 3 is 3.13 bits per heavy atom. The number of hydrogen-bond donors (Lipinski definition) is 1. The second kappa shape index (κ2) is 4.54. The lowest BCUT2D eigenvalue weighted by molar-refractivity contribution is 0.671. The van der Waals surface area contributed by atoms with E-state index in [1.165, 1.54) is 6.33 Å². The Morgan fingerprint density at radius 2 is 2.40 bits per heavy atom. The van der Waals surface area contributed by atoms with E-state index in [1.807, 2.05) is 12.1 Å². The number of hydrogen-bond acceptors (Lipinski definition) is 4. The van der Waals surface area contributed by atoms with Crippen LogP contribution in [0.2, 0.25) is 0 Å². The number of nitrogens with one attached hydrogen (secondary N) is 1. The van der Waals surface area contributed by atoms with Gasteiger partial charge in [0.2, 0.25) is 0 Å². The molecule has 0 amide bonds. The zero-order chi connectivity index (χ0) is 10.5. The molecule has 0 atom stereocenters. The third kappa shape index (κ3) is 2.52. The molecule has 2 aromatic heterocycles. The standard InChI is InChI=1S/C10H13N5/c1-2-12-9-3-4-13-10(5-9)6-15-8-11-7-14-15/h3-5,7-8H,2,6H2,1H3,(H,12,13). The average Bonchev–Trinajstić information content (AvgIpc) is 2.71.